The van der Waals surface area contributed by atoms with Gasteiger partial charge in [0.15, 0.2) is 5.90 Å². The highest BCUT2D eigenvalue weighted by Crippen LogP contribution is 2.16. The predicted octanol–water partition coefficient (Wildman–Crippen LogP) is 3.91. The fraction of sp³-hybridized carbons (Fsp3) is 0.211. The lowest BCUT2D eigenvalue weighted by Crippen LogP contribution is -2.17. The van der Waals surface area contributed by atoms with Crippen molar-refractivity contribution < 1.29 is 9.13 Å². The Morgan fingerprint density at radius 3 is 2.60 bits per heavy atom. The van der Waals surface area contributed by atoms with E-state index in [0.29, 0.717) is 12.1 Å². The van der Waals surface area contributed by atoms with E-state index >= 15 is 0 Å². The van der Waals surface area contributed by atoms with Gasteiger partial charge in [-0.05, 0) is 48.7 Å². The van der Waals surface area contributed by atoms with Crippen molar-refractivity contribution in [3.63, 3.8) is 0 Å². The monoisotopic (exact) mass is 338 g/mol. The van der Waals surface area contributed by atoms with Crippen molar-refractivity contribution in [2.24, 2.45) is 0 Å². The number of hydrogen-bond acceptors (Lipinski definition) is 4. The van der Waals surface area contributed by atoms with Gasteiger partial charge in [0.1, 0.15) is 17.2 Å². The highest BCUT2D eigenvalue weighted by molar-refractivity contribution is 5.99. The van der Waals surface area contributed by atoms with Gasteiger partial charge in [-0.2, -0.15) is 0 Å². The van der Waals surface area contributed by atoms with E-state index < -0.39 is 0 Å². The first-order valence-electron chi connectivity index (χ1n) is 8.04. The van der Waals surface area contributed by atoms with Crippen LogP contribution in [0, 0.1) is 23.6 Å². The van der Waals surface area contributed by atoms with Crippen LogP contribution in [0.1, 0.15) is 29.4 Å². The molecule has 0 amide bonds. The molecule has 2 N–H and O–H groups in total. The lowest BCUT2D eigenvalue weighted by Gasteiger charge is -2.09. The molecule has 2 heterocycles. The van der Waals surface area contributed by atoms with Crippen LogP contribution in [0.2, 0.25) is 0 Å². The van der Waals surface area contributed by atoms with Crippen molar-refractivity contribution >= 4 is 17.4 Å². The molecule has 0 aliphatic rings. The smallest absolute Gasteiger partial charge is 0.239 e. The van der Waals surface area contributed by atoms with Crippen molar-refractivity contribution in [1.29, 1.82) is 10.8 Å². The number of ether oxygens (including phenoxy) is 1. The Morgan fingerprint density at radius 1 is 1.20 bits per heavy atom. The van der Waals surface area contributed by atoms with E-state index in [1.165, 1.54) is 12.1 Å². The van der Waals surface area contributed by atoms with Crippen LogP contribution < -0.4 is 0 Å². The zero-order valence-corrected chi connectivity index (χ0v) is 14.1. The minimum atomic E-state index is -0.322. The van der Waals surface area contributed by atoms with Gasteiger partial charge in [-0.3, -0.25) is 15.2 Å². The standard InChI is InChI=1S/C19H19FN4O/c1-3-15-18(24-9-8-12(2)10-17(24)23-15)19(22)25-16(21)11-13-4-6-14(20)7-5-13/h4-10,21-22H,3,11H2,1-2H3. The summed E-state index contributed by atoms with van der Waals surface area (Å²) in [6, 6.07) is 9.77. The number of benzene rings is 1. The average Bonchev–Trinajstić information content (AvgIpc) is 2.94. The van der Waals surface area contributed by atoms with Crippen LogP contribution in [0.25, 0.3) is 5.65 Å². The SMILES string of the molecule is CCc1nc2cc(C)ccn2c1C(=N)OC(=N)Cc1ccc(F)cc1. The number of aryl methyl sites for hydroxylation is 2. The van der Waals surface area contributed by atoms with Crippen LogP contribution in [0.4, 0.5) is 4.39 Å². The molecule has 0 saturated heterocycles. The summed E-state index contributed by atoms with van der Waals surface area (Å²) in [4.78, 5) is 4.54. The normalized spacial score (nSPS) is 10.8. The third-order valence-corrected chi connectivity index (χ3v) is 3.91. The molecule has 0 atom stereocenters. The molecule has 0 spiro atoms. The van der Waals surface area contributed by atoms with Gasteiger partial charge in [0.2, 0.25) is 5.90 Å². The highest BCUT2D eigenvalue weighted by Gasteiger charge is 2.18. The number of imidazole rings is 1. The molecular weight excluding hydrogens is 319 g/mol. The second kappa shape index (κ2) is 6.84. The molecule has 6 heteroatoms. The maximum Gasteiger partial charge on any atom is 0.239 e. The average molecular weight is 338 g/mol. The Hall–Kier alpha value is -3.02. The predicted molar refractivity (Wildman–Crippen MR) is 95.1 cm³/mol. The summed E-state index contributed by atoms with van der Waals surface area (Å²) in [7, 11) is 0. The molecule has 0 bridgehead atoms. The van der Waals surface area contributed by atoms with Crippen LogP contribution in [-0.2, 0) is 17.6 Å². The second-order valence-corrected chi connectivity index (χ2v) is 5.85. The van der Waals surface area contributed by atoms with E-state index in [1.807, 2.05) is 32.2 Å². The zero-order valence-electron chi connectivity index (χ0n) is 14.1. The molecule has 3 rings (SSSR count). The van der Waals surface area contributed by atoms with E-state index in [9.17, 15) is 4.39 Å². The Labute approximate surface area is 145 Å². The van der Waals surface area contributed by atoms with E-state index in [0.717, 1.165) is 22.5 Å². The molecule has 0 saturated carbocycles. The number of halogens is 1. The van der Waals surface area contributed by atoms with E-state index in [-0.39, 0.29) is 24.0 Å². The van der Waals surface area contributed by atoms with Gasteiger partial charge in [0, 0.05) is 12.6 Å². The van der Waals surface area contributed by atoms with Crippen LogP contribution in [0.3, 0.4) is 0 Å². The quantitative estimate of drug-likeness (QED) is 0.559. The number of hydrogen-bond donors (Lipinski definition) is 2. The fourth-order valence-corrected chi connectivity index (χ4v) is 2.68. The van der Waals surface area contributed by atoms with Gasteiger partial charge in [-0.1, -0.05) is 19.1 Å². The Kier molecular flexibility index (Phi) is 4.61. The number of fused-ring (bicyclic) bond motifs is 1. The number of nitrogens with one attached hydrogen (secondary N) is 2. The summed E-state index contributed by atoms with van der Waals surface area (Å²) in [6.07, 6.45) is 2.71. The van der Waals surface area contributed by atoms with Crippen LogP contribution in [0.15, 0.2) is 42.6 Å². The third-order valence-electron chi connectivity index (χ3n) is 3.91. The first kappa shape index (κ1) is 16.8. The van der Waals surface area contributed by atoms with E-state index in [2.05, 4.69) is 4.98 Å². The van der Waals surface area contributed by atoms with Gasteiger partial charge in [-0.15, -0.1) is 0 Å². The minimum Gasteiger partial charge on any atom is -0.423 e. The molecule has 0 radical (unpaired) electrons. The topological polar surface area (TPSA) is 74.2 Å². The van der Waals surface area contributed by atoms with Crippen molar-refractivity contribution in [1.82, 2.24) is 9.38 Å². The van der Waals surface area contributed by atoms with Gasteiger partial charge in [0.25, 0.3) is 0 Å². The fourth-order valence-electron chi connectivity index (χ4n) is 2.68. The lowest BCUT2D eigenvalue weighted by atomic mass is 10.1. The molecule has 1 aromatic carbocycles. The Bertz CT molecular complexity index is 944. The second-order valence-electron chi connectivity index (χ2n) is 5.85. The van der Waals surface area contributed by atoms with Gasteiger partial charge < -0.3 is 4.74 Å². The molecule has 0 fully saturated rings. The van der Waals surface area contributed by atoms with E-state index in [1.54, 1.807) is 16.5 Å². The summed E-state index contributed by atoms with van der Waals surface area (Å²) >= 11 is 0. The molecular formula is C19H19FN4O. The molecule has 3 aromatic rings. The number of nitrogens with zero attached hydrogens (tertiary/aromatic N) is 2. The molecule has 25 heavy (non-hydrogen) atoms. The lowest BCUT2D eigenvalue weighted by molar-refractivity contribution is 0.519. The van der Waals surface area contributed by atoms with Gasteiger partial charge in [0.05, 0.1) is 5.69 Å². The Balaban J connectivity index is 1.82. The van der Waals surface area contributed by atoms with Gasteiger partial charge >= 0.3 is 0 Å². The molecule has 0 unspecified atom stereocenters. The van der Waals surface area contributed by atoms with Gasteiger partial charge in [-0.25, -0.2) is 9.37 Å². The largest absolute Gasteiger partial charge is 0.423 e. The number of pyridine rings is 1. The maximum absolute atomic E-state index is 13.0. The minimum absolute atomic E-state index is 0.0688. The van der Waals surface area contributed by atoms with Crippen molar-refractivity contribution in [2.45, 2.75) is 26.7 Å². The summed E-state index contributed by atoms with van der Waals surface area (Å²) in [5, 5.41) is 16.3. The summed E-state index contributed by atoms with van der Waals surface area (Å²) in [5.74, 6) is -0.501. The molecule has 5 nitrogen and oxygen atoms in total. The molecule has 128 valence electrons. The number of aromatic nitrogens is 2. The highest BCUT2D eigenvalue weighted by atomic mass is 19.1. The molecule has 0 aliphatic heterocycles. The first-order valence-corrected chi connectivity index (χ1v) is 8.04. The van der Waals surface area contributed by atoms with Crippen molar-refractivity contribution in [3.8, 4) is 0 Å². The number of rotatable bonds is 4. The first-order chi connectivity index (χ1) is 12.0. The van der Waals surface area contributed by atoms with E-state index in [4.69, 9.17) is 15.6 Å². The zero-order chi connectivity index (χ0) is 18.0. The Morgan fingerprint density at radius 2 is 1.92 bits per heavy atom. The van der Waals surface area contributed by atoms with Crippen molar-refractivity contribution in [2.75, 3.05) is 0 Å². The summed E-state index contributed by atoms with van der Waals surface area (Å²) in [5.41, 5.74) is 3.91. The van der Waals surface area contributed by atoms with Crippen molar-refractivity contribution in [3.05, 3.63) is 70.9 Å². The van der Waals surface area contributed by atoms with Crippen LogP contribution >= 0.6 is 0 Å². The summed E-state index contributed by atoms with van der Waals surface area (Å²) < 4.78 is 20.2. The molecule has 0 aliphatic carbocycles. The summed E-state index contributed by atoms with van der Waals surface area (Å²) in [6.45, 7) is 3.95. The van der Waals surface area contributed by atoms with Crippen LogP contribution in [-0.4, -0.2) is 21.2 Å². The van der Waals surface area contributed by atoms with Crippen LogP contribution in [0.5, 0.6) is 0 Å². The third kappa shape index (κ3) is 3.57. The molecule has 2 aromatic heterocycles. The maximum atomic E-state index is 13.0.